The van der Waals surface area contributed by atoms with E-state index in [-0.39, 0.29) is 29.6 Å². The highest BCUT2D eigenvalue weighted by atomic mass is 16.5. The molecule has 0 fully saturated rings. The van der Waals surface area contributed by atoms with Crippen molar-refractivity contribution in [2.75, 3.05) is 6.61 Å². The number of benzene rings is 1. The molecule has 0 spiro atoms. The number of hydrogen-bond donors (Lipinski definition) is 2. The summed E-state index contributed by atoms with van der Waals surface area (Å²) in [5, 5.41) is 18.3. The molecular formula is C9H10O4. The summed E-state index contributed by atoms with van der Waals surface area (Å²) in [7, 11) is 0. The first-order valence-electron chi connectivity index (χ1n) is 3.74. The van der Waals surface area contributed by atoms with Crippen LogP contribution in [0.4, 0.5) is 0 Å². The predicted octanol–water partition coefficient (Wildman–Crippen LogP) is 1.07. The Morgan fingerprint density at radius 3 is 2.77 bits per heavy atom. The van der Waals surface area contributed by atoms with Gasteiger partial charge in [0.2, 0.25) is 5.75 Å². The normalized spacial score (nSPS) is 9.62. The Morgan fingerprint density at radius 1 is 1.46 bits per heavy atom. The highest BCUT2D eigenvalue weighted by Crippen LogP contribution is 2.34. The molecule has 0 unspecified atom stereocenters. The first-order valence-corrected chi connectivity index (χ1v) is 3.74. The van der Waals surface area contributed by atoms with Crippen LogP contribution in [-0.4, -0.2) is 22.6 Å². The second-order valence-electron chi connectivity index (χ2n) is 2.61. The van der Waals surface area contributed by atoms with E-state index in [9.17, 15) is 9.90 Å². The Hall–Kier alpha value is -1.71. The lowest BCUT2D eigenvalue weighted by molar-refractivity contribution is -0.118. The largest absolute Gasteiger partial charge is 0.504 e. The summed E-state index contributed by atoms with van der Waals surface area (Å²) in [6.45, 7) is 1.26. The maximum atomic E-state index is 10.5. The van der Waals surface area contributed by atoms with Crippen molar-refractivity contribution in [3.8, 4) is 17.2 Å². The summed E-state index contributed by atoms with van der Waals surface area (Å²) in [4.78, 5) is 10.5. The monoisotopic (exact) mass is 182 g/mol. The fourth-order valence-electron chi connectivity index (χ4n) is 0.807. The Morgan fingerprint density at radius 2 is 2.15 bits per heavy atom. The zero-order chi connectivity index (χ0) is 9.84. The number of Topliss-reactive ketones (excluding diaryl/α,β-unsaturated/α-hetero) is 1. The smallest absolute Gasteiger partial charge is 0.200 e. The van der Waals surface area contributed by atoms with Gasteiger partial charge >= 0.3 is 0 Å². The van der Waals surface area contributed by atoms with Crippen LogP contribution in [0.2, 0.25) is 0 Å². The van der Waals surface area contributed by atoms with E-state index in [2.05, 4.69) is 0 Å². The van der Waals surface area contributed by atoms with E-state index >= 15 is 0 Å². The lowest BCUT2D eigenvalue weighted by Crippen LogP contribution is -2.06. The van der Waals surface area contributed by atoms with E-state index in [1.54, 1.807) is 0 Å². The molecule has 0 bridgehead atoms. The summed E-state index contributed by atoms with van der Waals surface area (Å²) in [5.74, 6) is -0.650. The molecule has 0 aliphatic carbocycles. The van der Waals surface area contributed by atoms with Crippen LogP contribution >= 0.6 is 0 Å². The number of phenols is 2. The van der Waals surface area contributed by atoms with Gasteiger partial charge < -0.3 is 14.9 Å². The van der Waals surface area contributed by atoms with Gasteiger partial charge in [-0.1, -0.05) is 6.07 Å². The quantitative estimate of drug-likeness (QED) is 0.686. The molecule has 0 atom stereocenters. The predicted molar refractivity (Wildman–Crippen MR) is 45.9 cm³/mol. The van der Waals surface area contributed by atoms with Gasteiger partial charge in [-0.05, 0) is 19.1 Å². The van der Waals surface area contributed by atoms with Gasteiger partial charge in [0.15, 0.2) is 17.3 Å². The minimum absolute atomic E-state index is 0.107. The third kappa shape index (κ3) is 2.37. The first kappa shape index (κ1) is 9.38. The lowest BCUT2D eigenvalue weighted by atomic mass is 10.3. The second-order valence-corrected chi connectivity index (χ2v) is 2.61. The van der Waals surface area contributed by atoms with Crippen molar-refractivity contribution >= 4 is 5.78 Å². The average molecular weight is 182 g/mol. The molecule has 0 saturated carbocycles. The number of aromatic hydroxyl groups is 2. The van der Waals surface area contributed by atoms with E-state index in [0.29, 0.717) is 0 Å². The van der Waals surface area contributed by atoms with Crippen LogP contribution in [0.15, 0.2) is 18.2 Å². The number of para-hydroxylation sites is 1. The summed E-state index contributed by atoms with van der Waals surface area (Å²) < 4.78 is 4.92. The van der Waals surface area contributed by atoms with Gasteiger partial charge in [-0.3, -0.25) is 4.79 Å². The molecular weight excluding hydrogens is 172 g/mol. The number of ether oxygens (including phenoxy) is 1. The molecule has 0 saturated heterocycles. The minimum atomic E-state index is -0.344. The average Bonchev–Trinajstić information content (AvgIpc) is 2.07. The third-order valence-corrected chi connectivity index (χ3v) is 1.41. The summed E-state index contributed by atoms with van der Waals surface area (Å²) in [6.07, 6.45) is 0. The Kier molecular flexibility index (Phi) is 2.74. The van der Waals surface area contributed by atoms with E-state index in [1.165, 1.54) is 25.1 Å². The third-order valence-electron chi connectivity index (χ3n) is 1.41. The maximum absolute atomic E-state index is 10.5. The number of carbonyl (C=O) groups is 1. The fourth-order valence-corrected chi connectivity index (χ4v) is 0.807. The van der Waals surface area contributed by atoms with Crippen molar-refractivity contribution in [3.05, 3.63) is 18.2 Å². The number of carbonyl (C=O) groups excluding carboxylic acids is 1. The van der Waals surface area contributed by atoms with Gasteiger partial charge in [-0.25, -0.2) is 0 Å². The zero-order valence-electron chi connectivity index (χ0n) is 7.15. The summed E-state index contributed by atoms with van der Waals surface area (Å²) in [5.41, 5.74) is 0. The SMILES string of the molecule is CC(=O)COc1cccc(O)c1O. The Balaban J connectivity index is 2.77. The highest BCUT2D eigenvalue weighted by molar-refractivity contribution is 5.77. The van der Waals surface area contributed by atoms with Crippen molar-refractivity contribution in [2.45, 2.75) is 6.92 Å². The van der Waals surface area contributed by atoms with Crippen molar-refractivity contribution in [1.82, 2.24) is 0 Å². The number of hydrogen-bond acceptors (Lipinski definition) is 4. The minimum Gasteiger partial charge on any atom is -0.504 e. The van der Waals surface area contributed by atoms with E-state index in [0.717, 1.165) is 0 Å². The molecule has 1 rings (SSSR count). The molecule has 4 nitrogen and oxygen atoms in total. The molecule has 0 heterocycles. The molecule has 1 aromatic rings. The van der Waals surface area contributed by atoms with Crippen molar-refractivity contribution in [3.63, 3.8) is 0 Å². The molecule has 2 N–H and O–H groups in total. The molecule has 70 valence electrons. The van der Waals surface area contributed by atoms with Gasteiger partial charge in [0.25, 0.3) is 0 Å². The molecule has 0 aliphatic heterocycles. The zero-order valence-corrected chi connectivity index (χ0v) is 7.15. The van der Waals surface area contributed by atoms with Crippen LogP contribution in [0.25, 0.3) is 0 Å². The van der Waals surface area contributed by atoms with Gasteiger partial charge in [0, 0.05) is 0 Å². The van der Waals surface area contributed by atoms with Gasteiger partial charge in [0.05, 0.1) is 0 Å². The van der Waals surface area contributed by atoms with Crippen LogP contribution in [0, 0.1) is 0 Å². The summed E-state index contributed by atoms with van der Waals surface area (Å²) in [6, 6.07) is 4.32. The molecule has 4 heteroatoms. The van der Waals surface area contributed by atoms with E-state index in [4.69, 9.17) is 9.84 Å². The van der Waals surface area contributed by atoms with Crippen molar-refractivity contribution in [2.24, 2.45) is 0 Å². The number of rotatable bonds is 3. The van der Waals surface area contributed by atoms with Gasteiger partial charge in [-0.2, -0.15) is 0 Å². The van der Waals surface area contributed by atoms with Gasteiger partial charge in [0.1, 0.15) is 6.61 Å². The maximum Gasteiger partial charge on any atom is 0.200 e. The molecule has 0 aromatic heterocycles. The molecule has 1 aromatic carbocycles. The molecule has 0 amide bonds. The topological polar surface area (TPSA) is 66.8 Å². The van der Waals surface area contributed by atoms with Crippen LogP contribution in [0.3, 0.4) is 0 Å². The first-order chi connectivity index (χ1) is 6.11. The van der Waals surface area contributed by atoms with E-state index in [1.807, 2.05) is 0 Å². The molecule has 0 aliphatic rings. The van der Waals surface area contributed by atoms with Gasteiger partial charge in [-0.15, -0.1) is 0 Å². The Bertz CT molecular complexity index is 319. The van der Waals surface area contributed by atoms with E-state index < -0.39 is 0 Å². The number of ketones is 1. The molecule has 0 radical (unpaired) electrons. The van der Waals surface area contributed by atoms with Crippen LogP contribution in [0.5, 0.6) is 17.2 Å². The fraction of sp³-hybridized carbons (Fsp3) is 0.222. The van der Waals surface area contributed by atoms with Crippen molar-refractivity contribution in [1.29, 1.82) is 0 Å². The lowest BCUT2D eigenvalue weighted by Gasteiger charge is -2.06. The Labute approximate surface area is 75.4 Å². The van der Waals surface area contributed by atoms with Crippen LogP contribution in [0.1, 0.15) is 6.92 Å². The molecule has 13 heavy (non-hydrogen) atoms. The van der Waals surface area contributed by atoms with Crippen LogP contribution < -0.4 is 4.74 Å². The second kappa shape index (κ2) is 3.80. The standard InChI is InChI=1S/C9H10O4/c1-6(10)5-13-8-4-2-3-7(11)9(8)12/h2-4,11-12H,5H2,1H3. The van der Waals surface area contributed by atoms with Crippen LogP contribution in [-0.2, 0) is 4.79 Å². The summed E-state index contributed by atoms with van der Waals surface area (Å²) >= 11 is 0. The van der Waals surface area contributed by atoms with Crippen molar-refractivity contribution < 1.29 is 19.7 Å². The highest BCUT2D eigenvalue weighted by Gasteiger charge is 2.06. The number of phenolic OH excluding ortho intramolecular Hbond substituents is 2.